The summed E-state index contributed by atoms with van der Waals surface area (Å²) in [7, 11) is 0. The summed E-state index contributed by atoms with van der Waals surface area (Å²) in [4.78, 5) is 0. The minimum atomic E-state index is 0.588. The van der Waals surface area contributed by atoms with Gasteiger partial charge in [-0.25, -0.2) is 0 Å². The number of hydrogen-bond acceptors (Lipinski definition) is 3. The smallest absolute Gasteiger partial charge is 0.120 e. The molecule has 4 heteroatoms. The van der Waals surface area contributed by atoms with Crippen molar-refractivity contribution in [3.05, 3.63) is 77.4 Å². The summed E-state index contributed by atoms with van der Waals surface area (Å²) >= 11 is 1.62. The van der Waals surface area contributed by atoms with E-state index in [1.165, 1.54) is 0 Å². The maximum absolute atomic E-state index is 9.36. The molecule has 0 saturated heterocycles. The molecule has 0 aliphatic carbocycles. The molecule has 2 heterocycles. The molecule has 0 aliphatic heterocycles. The molecular formula is C15H12N2OS. The summed E-state index contributed by atoms with van der Waals surface area (Å²) in [5, 5.41) is 15.9. The number of oxime groups is 1. The average molecular weight is 268 g/mol. The lowest BCUT2D eigenvalue weighted by Crippen LogP contribution is -2.05. The molecule has 94 valence electrons. The number of hydrogen-bond donors (Lipinski definition) is 1. The average Bonchev–Trinajstić information content (AvgIpc) is 3.11. The summed E-state index contributed by atoms with van der Waals surface area (Å²) in [6, 6.07) is 15.6. The van der Waals surface area contributed by atoms with Crippen molar-refractivity contribution < 1.29 is 5.21 Å². The second kappa shape index (κ2) is 5.12. The number of benzene rings is 1. The van der Waals surface area contributed by atoms with Gasteiger partial charge in [0.15, 0.2) is 0 Å². The molecule has 0 radical (unpaired) electrons. The Hall–Kier alpha value is -2.33. The van der Waals surface area contributed by atoms with Crippen molar-refractivity contribution in [2.24, 2.45) is 5.16 Å². The van der Waals surface area contributed by atoms with E-state index in [1.807, 2.05) is 70.9 Å². The molecule has 1 aromatic carbocycles. The van der Waals surface area contributed by atoms with Crippen LogP contribution < -0.4 is 0 Å². The Morgan fingerprint density at radius 2 is 1.74 bits per heavy atom. The highest BCUT2D eigenvalue weighted by molar-refractivity contribution is 7.13. The van der Waals surface area contributed by atoms with Crippen molar-refractivity contribution in [3.8, 4) is 5.00 Å². The summed E-state index contributed by atoms with van der Waals surface area (Å²) in [5.74, 6) is 0. The van der Waals surface area contributed by atoms with Gasteiger partial charge in [-0.1, -0.05) is 35.5 Å². The van der Waals surface area contributed by atoms with Crippen LogP contribution in [-0.2, 0) is 0 Å². The SMILES string of the molecule is O/N=C(\c1ccccc1)c1ccsc1-n1cccc1. The molecule has 0 atom stereocenters. The third-order valence-corrected chi connectivity index (χ3v) is 3.81. The van der Waals surface area contributed by atoms with Crippen LogP contribution in [0, 0.1) is 0 Å². The molecule has 3 rings (SSSR count). The van der Waals surface area contributed by atoms with E-state index in [9.17, 15) is 5.21 Å². The van der Waals surface area contributed by atoms with Gasteiger partial charge < -0.3 is 9.77 Å². The zero-order valence-corrected chi connectivity index (χ0v) is 10.9. The number of rotatable bonds is 3. The number of aromatic nitrogens is 1. The Labute approximate surface area is 115 Å². The molecule has 2 aromatic heterocycles. The van der Waals surface area contributed by atoms with Crippen LogP contribution in [0.3, 0.4) is 0 Å². The highest BCUT2D eigenvalue weighted by atomic mass is 32.1. The number of thiophene rings is 1. The minimum absolute atomic E-state index is 0.588. The zero-order valence-electron chi connectivity index (χ0n) is 10.1. The van der Waals surface area contributed by atoms with Gasteiger partial charge in [-0.2, -0.15) is 0 Å². The molecule has 0 amide bonds. The van der Waals surface area contributed by atoms with Crippen LogP contribution in [0.4, 0.5) is 0 Å². The largest absolute Gasteiger partial charge is 0.410 e. The Kier molecular flexibility index (Phi) is 3.16. The molecule has 1 N–H and O–H groups in total. The van der Waals surface area contributed by atoms with Gasteiger partial charge in [0.05, 0.1) is 0 Å². The lowest BCUT2D eigenvalue weighted by molar-refractivity contribution is 0.319. The van der Waals surface area contributed by atoms with Gasteiger partial charge in [0, 0.05) is 23.5 Å². The molecule has 0 aliphatic rings. The lowest BCUT2D eigenvalue weighted by atomic mass is 10.0. The molecule has 0 spiro atoms. The fraction of sp³-hybridized carbons (Fsp3) is 0. The van der Waals surface area contributed by atoms with Crippen LogP contribution in [0.1, 0.15) is 11.1 Å². The molecule has 3 aromatic rings. The highest BCUT2D eigenvalue weighted by Gasteiger charge is 2.14. The van der Waals surface area contributed by atoms with Gasteiger partial charge in [-0.3, -0.25) is 0 Å². The van der Waals surface area contributed by atoms with Gasteiger partial charge in [0.2, 0.25) is 0 Å². The van der Waals surface area contributed by atoms with E-state index < -0.39 is 0 Å². The van der Waals surface area contributed by atoms with Crippen molar-refractivity contribution in [2.45, 2.75) is 0 Å². The van der Waals surface area contributed by atoms with E-state index in [0.717, 1.165) is 16.1 Å². The van der Waals surface area contributed by atoms with E-state index in [0.29, 0.717) is 5.71 Å². The second-order valence-electron chi connectivity index (χ2n) is 4.04. The van der Waals surface area contributed by atoms with Crippen molar-refractivity contribution in [1.82, 2.24) is 4.57 Å². The van der Waals surface area contributed by atoms with Crippen molar-refractivity contribution in [2.75, 3.05) is 0 Å². The molecular weight excluding hydrogens is 256 g/mol. The van der Waals surface area contributed by atoms with Gasteiger partial charge in [0.1, 0.15) is 10.7 Å². The van der Waals surface area contributed by atoms with Crippen LogP contribution in [0.15, 0.2) is 71.5 Å². The Balaban J connectivity index is 2.10. The van der Waals surface area contributed by atoms with Crippen molar-refractivity contribution >= 4 is 17.0 Å². The summed E-state index contributed by atoms with van der Waals surface area (Å²) < 4.78 is 2.02. The topological polar surface area (TPSA) is 37.5 Å². The van der Waals surface area contributed by atoms with Crippen molar-refractivity contribution in [1.29, 1.82) is 0 Å². The van der Waals surface area contributed by atoms with E-state index in [1.54, 1.807) is 11.3 Å². The molecule has 0 bridgehead atoms. The third-order valence-electron chi connectivity index (χ3n) is 2.89. The maximum atomic E-state index is 9.36. The van der Waals surface area contributed by atoms with E-state index in [2.05, 4.69) is 5.16 Å². The van der Waals surface area contributed by atoms with E-state index >= 15 is 0 Å². The third kappa shape index (κ3) is 2.18. The fourth-order valence-corrected chi connectivity index (χ4v) is 2.88. The van der Waals surface area contributed by atoms with Gasteiger partial charge >= 0.3 is 0 Å². The fourth-order valence-electron chi connectivity index (χ4n) is 2.01. The van der Waals surface area contributed by atoms with Crippen LogP contribution in [0.25, 0.3) is 5.00 Å². The standard InChI is InChI=1S/C15H12N2OS/c18-16-14(12-6-2-1-3-7-12)13-8-11-19-15(13)17-9-4-5-10-17/h1-11,18H/b16-14+. The van der Waals surface area contributed by atoms with Crippen LogP contribution in [-0.4, -0.2) is 15.5 Å². The van der Waals surface area contributed by atoms with Crippen molar-refractivity contribution in [3.63, 3.8) is 0 Å². The van der Waals surface area contributed by atoms with Crippen LogP contribution in [0.5, 0.6) is 0 Å². The first-order chi connectivity index (χ1) is 9.40. The van der Waals surface area contributed by atoms with E-state index in [-0.39, 0.29) is 0 Å². The zero-order chi connectivity index (χ0) is 13.1. The molecule has 0 fully saturated rings. The quantitative estimate of drug-likeness (QED) is 0.438. The summed E-state index contributed by atoms with van der Waals surface area (Å²) in [6.45, 7) is 0. The minimum Gasteiger partial charge on any atom is -0.410 e. The predicted octanol–water partition coefficient (Wildman–Crippen LogP) is 3.77. The monoisotopic (exact) mass is 268 g/mol. The van der Waals surface area contributed by atoms with Gasteiger partial charge in [-0.05, 0) is 23.6 Å². The molecule has 0 saturated carbocycles. The maximum Gasteiger partial charge on any atom is 0.120 e. The van der Waals surface area contributed by atoms with Crippen LogP contribution in [0.2, 0.25) is 0 Å². The lowest BCUT2D eigenvalue weighted by Gasteiger charge is -2.07. The first-order valence-corrected chi connectivity index (χ1v) is 6.77. The van der Waals surface area contributed by atoms with Gasteiger partial charge in [0.25, 0.3) is 0 Å². The number of nitrogens with zero attached hydrogens (tertiary/aromatic N) is 2. The predicted molar refractivity (Wildman–Crippen MR) is 77.5 cm³/mol. The normalized spacial score (nSPS) is 11.7. The molecule has 19 heavy (non-hydrogen) atoms. The van der Waals surface area contributed by atoms with Gasteiger partial charge in [-0.15, -0.1) is 11.3 Å². The Morgan fingerprint density at radius 3 is 2.42 bits per heavy atom. The molecule has 3 nitrogen and oxygen atoms in total. The first-order valence-electron chi connectivity index (χ1n) is 5.89. The first kappa shape index (κ1) is 11.7. The summed E-state index contributed by atoms with van der Waals surface area (Å²) in [6.07, 6.45) is 3.96. The van der Waals surface area contributed by atoms with Crippen LogP contribution >= 0.6 is 11.3 Å². The Bertz CT molecular complexity index is 684. The second-order valence-corrected chi connectivity index (χ2v) is 4.94. The highest BCUT2D eigenvalue weighted by Crippen LogP contribution is 2.25. The molecule has 0 unspecified atom stereocenters. The van der Waals surface area contributed by atoms with E-state index in [4.69, 9.17) is 0 Å². The Morgan fingerprint density at radius 1 is 1.00 bits per heavy atom. The summed E-state index contributed by atoms with van der Waals surface area (Å²) in [5.41, 5.74) is 2.41.